The standard InChI is InChI=1S/C33H47NO7Si/c1-22-28(21-39-20-23-12-14-24(38-5)15-13-23)29(16-17-35)40-30(22)18-25(41-42(6,7)33(2,3)4)19-34-31(36)26-10-8-9-11-27(26)32(34)37/h8-15,22,25,28-30,35H,16-21H2,1-7H3/t22-,25?,28?,29+,30-/m1/s1. The number of carbonyl (C=O) groups is 2. The fraction of sp³-hybridized carbons (Fsp3) is 0.576. The number of hydrogen-bond donors (Lipinski definition) is 1. The molecule has 230 valence electrons. The van der Waals surface area contributed by atoms with Gasteiger partial charge in [0.2, 0.25) is 0 Å². The van der Waals surface area contributed by atoms with E-state index >= 15 is 0 Å². The van der Waals surface area contributed by atoms with E-state index < -0.39 is 8.32 Å². The number of benzene rings is 2. The molecule has 2 amide bonds. The number of aliphatic hydroxyl groups is 1. The number of rotatable bonds is 13. The Morgan fingerprint density at radius 2 is 1.62 bits per heavy atom. The predicted octanol–water partition coefficient (Wildman–Crippen LogP) is 5.69. The highest BCUT2D eigenvalue weighted by molar-refractivity contribution is 6.74. The first-order chi connectivity index (χ1) is 19.9. The summed E-state index contributed by atoms with van der Waals surface area (Å²) in [5.41, 5.74) is 1.94. The van der Waals surface area contributed by atoms with Gasteiger partial charge in [-0.1, -0.05) is 52.0 Å². The molecule has 1 saturated heterocycles. The van der Waals surface area contributed by atoms with E-state index in [0.29, 0.717) is 37.2 Å². The number of ether oxygens (including phenoxy) is 3. The van der Waals surface area contributed by atoms with Crippen molar-refractivity contribution in [1.29, 1.82) is 0 Å². The Hall–Kier alpha value is -2.56. The second kappa shape index (κ2) is 13.4. The van der Waals surface area contributed by atoms with Crippen LogP contribution in [0.4, 0.5) is 0 Å². The average Bonchev–Trinajstić information content (AvgIpc) is 3.36. The fourth-order valence-electron chi connectivity index (χ4n) is 5.66. The summed E-state index contributed by atoms with van der Waals surface area (Å²) in [4.78, 5) is 27.8. The second-order valence-electron chi connectivity index (χ2n) is 13.1. The summed E-state index contributed by atoms with van der Waals surface area (Å²) in [6.07, 6.45) is 0.357. The van der Waals surface area contributed by atoms with E-state index in [1.54, 1.807) is 31.4 Å². The first kappa shape index (κ1) is 32.4. The van der Waals surface area contributed by atoms with Crippen LogP contribution in [-0.4, -0.2) is 75.3 Å². The van der Waals surface area contributed by atoms with Crippen molar-refractivity contribution in [3.8, 4) is 5.75 Å². The Morgan fingerprint density at radius 3 is 2.17 bits per heavy atom. The minimum absolute atomic E-state index is 0.0258. The summed E-state index contributed by atoms with van der Waals surface area (Å²) < 4.78 is 24.8. The number of carbonyl (C=O) groups excluding carboxylic acids is 2. The predicted molar refractivity (Wildman–Crippen MR) is 164 cm³/mol. The third-order valence-electron chi connectivity index (χ3n) is 9.27. The monoisotopic (exact) mass is 597 g/mol. The fourth-order valence-corrected chi connectivity index (χ4v) is 7.02. The summed E-state index contributed by atoms with van der Waals surface area (Å²) in [5, 5.41) is 9.75. The molecule has 0 spiro atoms. The van der Waals surface area contributed by atoms with Gasteiger partial charge in [-0.3, -0.25) is 14.5 Å². The van der Waals surface area contributed by atoms with Crippen LogP contribution in [-0.2, 0) is 20.5 Å². The number of imide groups is 1. The van der Waals surface area contributed by atoms with Crippen LogP contribution < -0.4 is 4.74 Å². The van der Waals surface area contributed by atoms with Crippen molar-refractivity contribution in [2.24, 2.45) is 11.8 Å². The largest absolute Gasteiger partial charge is 0.497 e. The van der Waals surface area contributed by atoms with E-state index in [0.717, 1.165) is 11.3 Å². The minimum Gasteiger partial charge on any atom is -0.497 e. The quantitative estimate of drug-likeness (QED) is 0.234. The first-order valence-corrected chi connectivity index (χ1v) is 17.9. The third kappa shape index (κ3) is 7.14. The maximum Gasteiger partial charge on any atom is 0.261 e. The van der Waals surface area contributed by atoms with Gasteiger partial charge in [-0.15, -0.1) is 0 Å². The molecule has 1 fully saturated rings. The van der Waals surface area contributed by atoms with Gasteiger partial charge < -0.3 is 23.7 Å². The van der Waals surface area contributed by atoms with Gasteiger partial charge in [0.1, 0.15) is 5.75 Å². The molecule has 0 aromatic heterocycles. The van der Waals surface area contributed by atoms with Crippen molar-refractivity contribution >= 4 is 20.1 Å². The minimum atomic E-state index is -2.25. The Labute approximate surface area is 251 Å². The van der Waals surface area contributed by atoms with Gasteiger partial charge in [0, 0.05) is 18.9 Å². The summed E-state index contributed by atoms with van der Waals surface area (Å²) in [6.45, 7) is 14.3. The zero-order chi connectivity index (χ0) is 30.7. The molecule has 0 aliphatic carbocycles. The molecule has 2 aromatic carbocycles. The van der Waals surface area contributed by atoms with Crippen LogP contribution in [0.5, 0.6) is 5.75 Å². The number of aliphatic hydroxyl groups excluding tert-OH is 1. The highest BCUT2D eigenvalue weighted by Gasteiger charge is 2.46. The normalized spacial score (nSPS) is 23.4. The number of nitrogens with zero attached hydrogens (tertiary/aromatic N) is 1. The van der Waals surface area contributed by atoms with Gasteiger partial charge in [-0.05, 0) is 60.3 Å². The van der Waals surface area contributed by atoms with Crippen molar-refractivity contribution in [3.05, 3.63) is 65.2 Å². The molecule has 0 radical (unpaired) electrons. The molecular formula is C33H47NO7Si. The maximum atomic E-state index is 13.2. The van der Waals surface area contributed by atoms with Crippen LogP contribution in [0.3, 0.4) is 0 Å². The summed E-state index contributed by atoms with van der Waals surface area (Å²) >= 11 is 0. The van der Waals surface area contributed by atoms with Crippen molar-refractivity contribution in [2.75, 3.05) is 26.9 Å². The summed E-state index contributed by atoms with van der Waals surface area (Å²) in [6, 6.07) is 14.8. The second-order valence-corrected chi connectivity index (χ2v) is 17.9. The Kier molecular flexibility index (Phi) is 10.3. The zero-order valence-corrected chi connectivity index (χ0v) is 27.1. The molecule has 2 aliphatic rings. The molecule has 9 heteroatoms. The van der Waals surface area contributed by atoms with Crippen molar-refractivity contribution in [3.63, 3.8) is 0 Å². The molecule has 1 N–H and O–H groups in total. The van der Waals surface area contributed by atoms with E-state index in [2.05, 4.69) is 40.8 Å². The number of amides is 2. The van der Waals surface area contributed by atoms with Gasteiger partial charge >= 0.3 is 0 Å². The van der Waals surface area contributed by atoms with Gasteiger partial charge in [-0.2, -0.15) is 0 Å². The summed E-state index contributed by atoms with van der Waals surface area (Å²) in [7, 11) is -0.606. The van der Waals surface area contributed by atoms with Crippen LogP contribution in [0.15, 0.2) is 48.5 Å². The maximum absolute atomic E-state index is 13.2. The molecule has 0 saturated carbocycles. The molecule has 0 bridgehead atoms. The van der Waals surface area contributed by atoms with Crippen molar-refractivity contribution in [2.45, 2.75) is 83.6 Å². The smallest absolute Gasteiger partial charge is 0.261 e. The lowest BCUT2D eigenvalue weighted by atomic mass is 9.86. The van der Waals surface area contributed by atoms with Gasteiger partial charge in [-0.25, -0.2) is 0 Å². The lowest BCUT2D eigenvalue weighted by Crippen LogP contribution is -2.49. The molecule has 2 unspecified atom stereocenters. The number of hydrogen-bond acceptors (Lipinski definition) is 7. The first-order valence-electron chi connectivity index (χ1n) is 15.0. The van der Waals surface area contributed by atoms with Crippen LogP contribution in [0.1, 0.15) is 66.8 Å². The van der Waals surface area contributed by atoms with Crippen LogP contribution in [0.25, 0.3) is 0 Å². The molecule has 2 heterocycles. The Morgan fingerprint density at radius 1 is 1.00 bits per heavy atom. The SMILES string of the molecule is COc1ccc(COCC2[C@H](CCO)O[C@H](CC(CN3C(=O)c4ccccc4C3=O)O[Si](C)(C)C(C)(C)C)[C@@H]2C)cc1. The topological polar surface area (TPSA) is 94.5 Å². The molecule has 42 heavy (non-hydrogen) atoms. The van der Waals surface area contributed by atoms with Gasteiger partial charge in [0.25, 0.3) is 11.8 Å². The van der Waals surface area contributed by atoms with E-state index in [-0.39, 0.29) is 60.2 Å². The molecule has 5 atom stereocenters. The summed E-state index contributed by atoms with van der Waals surface area (Å²) in [5.74, 6) is 0.474. The Bertz CT molecular complexity index is 1190. The lowest BCUT2D eigenvalue weighted by molar-refractivity contribution is -0.0179. The van der Waals surface area contributed by atoms with Gasteiger partial charge in [0.05, 0.1) is 56.3 Å². The van der Waals surface area contributed by atoms with Crippen molar-refractivity contribution in [1.82, 2.24) is 4.90 Å². The molecule has 4 rings (SSSR count). The van der Waals surface area contributed by atoms with Crippen LogP contribution in [0, 0.1) is 11.8 Å². The molecular weight excluding hydrogens is 550 g/mol. The highest BCUT2D eigenvalue weighted by atomic mass is 28.4. The van der Waals surface area contributed by atoms with Crippen molar-refractivity contribution < 1.29 is 33.3 Å². The highest BCUT2D eigenvalue weighted by Crippen LogP contribution is 2.41. The van der Waals surface area contributed by atoms with E-state index in [1.165, 1.54) is 4.90 Å². The third-order valence-corrected chi connectivity index (χ3v) is 13.8. The number of fused-ring (bicyclic) bond motifs is 1. The molecule has 2 aromatic rings. The zero-order valence-electron chi connectivity index (χ0n) is 26.1. The van der Waals surface area contributed by atoms with E-state index in [4.69, 9.17) is 18.6 Å². The van der Waals surface area contributed by atoms with Crippen LogP contribution in [0.2, 0.25) is 18.1 Å². The van der Waals surface area contributed by atoms with E-state index in [9.17, 15) is 14.7 Å². The lowest BCUT2D eigenvalue weighted by Gasteiger charge is -2.40. The van der Waals surface area contributed by atoms with E-state index in [1.807, 2.05) is 24.3 Å². The molecule has 2 aliphatic heterocycles. The van der Waals surface area contributed by atoms with Crippen LogP contribution >= 0.6 is 0 Å². The van der Waals surface area contributed by atoms with Gasteiger partial charge in [0.15, 0.2) is 8.32 Å². The average molecular weight is 598 g/mol. The molecule has 8 nitrogen and oxygen atoms in total. The Balaban J connectivity index is 1.48. The number of methoxy groups -OCH3 is 1.